The third kappa shape index (κ3) is 4.51. The summed E-state index contributed by atoms with van der Waals surface area (Å²) in [5.41, 5.74) is 3.41. The molecule has 1 amide bonds. The molecule has 1 aliphatic rings. The van der Waals surface area contributed by atoms with E-state index in [0.717, 1.165) is 42.9 Å². The van der Waals surface area contributed by atoms with Crippen molar-refractivity contribution < 1.29 is 14.3 Å². The SMILES string of the molecule is Cc1cccc(O[C@@H](C)C(=O)NCC2(c3ccccc3)CCOCC2)c1C. The molecular weight excluding hydrogens is 338 g/mol. The fraction of sp³-hybridized carbons (Fsp3) is 0.435. The highest BCUT2D eigenvalue weighted by Gasteiger charge is 2.35. The summed E-state index contributed by atoms with van der Waals surface area (Å²) < 4.78 is 11.5. The zero-order valence-corrected chi connectivity index (χ0v) is 16.5. The Labute approximate surface area is 161 Å². The van der Waals surface area contributed by atoms with Crippen molar-refractivity contribution in [2.75, 3.05) is 19.8 Å². The van der Waals surface area contributed by atoms with Crippen molar-refractivity contribution in [3.05, 3.63) is 65.2 Å². The zero-order valence-electron chi connectivity index (χ0n) is 16.5. The van der Waals surface area contributed by atoms with E-state index in [-0.39, 0.29) is 11.3 Å². The molecule has 0 aliphatic carbocycles. The van der Waals surface area contributed by atoms with Crippen molar-refractivity contribution in [1.29, 1.82) is 0 Å². The predicted octanol–water partition coefficient (Wildman–Crippen LogP) is 3.94. The fourth-order valence-corrected chi connectivity index (χ4v) is 3.62. The topological polar surface area (TPSA) is 47.6 Å². The van der Waals surface area contributed by atoms with Crippen LogP contribution in [0.2, 0.25) is 0 Å². The number of ether oxygens (including phenoxy) is 2. The molecular formula is C23H29NO3. The van der Waals surface area contributed by atoms with Crippen LogP contribution in [-0.4, -0.2) is 31.8 Å². The lowest BCUT2D eigenvalue weighted by atomic mass is 9.74. The minimum absolute atomic E-state index is 0.0753. The van der Waals surface area contributed by atoms with Crippen molar-refractivity contribution in [3.8, 4) is 5.75 Å². The number of hydrogen-bond donors (Lipinski definition) is 1. The van der Waals surface area contributed by atoms with Crippen molar-refractivity contribution in [2.24, 2.45) is 0 Å². The average Bonchev–Trinajstić information content (AvgIpc) is 2.71. The molecule has 4 heteroatoms. The van der Waals surface area contributed by atoms with Gasteiger partial charge in [-0.2, -0.15) is 0 Å². The summed E-state index contributed by atoms with van der Waals surface area (Å²) in [6, 6.07) is 16.3. The lowest BCUT2D eigenvalue weighted by molar-refractivity contribution is -0.127. The Morgan fingerprint density at radius 1 is 1.11 bits per heavy atom. The normalized spacial score (nSPS) is 17.1. The van der Waals surface area contributed by atoms with Crippen LogP contribution in [0.5, 0.6) is 5.75 Å². The molecule has 1 aliphatic heterocycles. The van der Waals surface area contributed by atoms with Crippen LogP contribution >= 0.6 is 0 Å². The summed E-state index contributed by atoms with van der Waals surface area (Å²) in [6.45, 7) is 7.90. The molecule has 2 aromatic carbocycles. The van der Waals surface area contributed by atoms with E-state index in [1.54, 1.807) is 6.92 Å². The lowest BCUT2D eigenvalue weighted by Crippen LogP contribution is -2.47. The second kappa shape index (κ2) is 8.57. The number of carbonyl (C=O) groups is 1. The second-order valence-electron chi connectivity index (χ2n) is 7.43. The molecule has 1 saturated heterocycles. The number of hydrogen-bond acceptors (Lipinski definition) is 3. The van der Waals surface area contributed by atoms with Crippen LogP contribution in [0, 0.1) is 13.8 Å². The van der Waals surface area contributed by atoms with Gasteiger partial charge in [-0.1, -0.05) is 42.5 Å². The summed E-state index contributed by atoms with van der Waals surface area (Å²) in [4.78, 5) is 12.7. The summed E-state index contributed by atoms with van der Waals surface area (Å²) >= 11 is 0. The predicted molar refractivity (Wildman–Crippen MR) is 107 cm³/mol. The minimum Gasteiger partial charge on any atom is -0.481 e. The highest BCUT2D eigenvalue weighted by molar-refractivity contribution is 5.80. The molecule has 3 rings (SSSR count). The molecule has 144 valence electrons. The van der Waals surface area contributed by atoms with Crippen LogP contribution < -0.4 is 10.1 Å². The molecule has 27 heavy (non-hydrogen) atoms. The van der Waals surface area contributed by atoms with Gasteiger partial charge >= 0.3 is 0 Å². The highest BCUT2D eigenvalue weighted by atomic mass is 16.5. The summed E-state index contributed by atoms with van der Waals surface area (Å²) in [5.74, 6) is 0.680. The van der Waals surface area contributed by atoms with E-state index in [4.69, 9.17) is 9.47 Å². The molecule has 0 bridgehead atoms. The van der Waals surface area contributed by atoms with Gasteiger partial charge in [-0.25, -0.2) is 0 Å². The van der Waals surface area contributed by atoms with Gasteiger partial charge in [0.25, 0.3) is 5.91 Å². The van der Waals surface area contributed by atoms with Gasteiger partial charge in [0.2, 0.25) is 0 Å². The third-order valence-electron chi connectivity index (χ3n) is 5.66. The Balaban J connectivity index is 1.66. The van der Waals surface area contributed by atoms with Gasteiger partial charge in [0, 0.05) is 25.2 Å². The second-order valence-corrected chi connectivity index (χ2v) is 7.43. The van der Waals surface area contributed by atoms with Crippen LogP contribution in [0.25, 0.3) is 0 Å². The lowest BCUT2D eigenvalue weighted by Gasteiger charge is -2.38. The van der Waals surface area contributed by atoms with Crippen molar-refractivity contribution in [2.45, 2.75) is 45.1 Å². The number of amides is 1. The van der Waals surface area contributed by atoms with Crippen LogP contribution in [0.1, 0.15) is 36.5 Å². The van der Waals surface area contributed by atoms with E-state index in [1.165, 1.54) is 5.56 Å². The largest absolute Gasteiger partial charge is 0.481 e. The highest BCUT2D eigenvalue weighted by Crippen LogP contribution is 2.34. The first-order valence-electron chi connectivity index (χ1n) is 9.66. The molecule has 0 aromatic heterocycles. The van der Waals surface area contributed by atoms with Crippen LogP contribution in [-0.2, 0) is 14.9 Å². The molecule has 0 unspecified atom stereocenters. The average molecular weight is 367 g/mol. The van der Waals surface area contributed by atoms with E-state index in [0.29, 0.717) is 6.54 Å². The van der Waals surface area contributed by atoms with Gasteiger partial charge in [-0.05, 0) is 56.4 Å². The maximum atomic E-state index is 12.7. The number of aryl methyl sites for hydroxylation is 1. The molecule has 2 aromatic rings. The van der Waals surface area contributed by atoms with E-state index < -0.39 is 6.10 Å². The molecule has 1 N–H and O–H groups in total. The molecule has 1 heterocycles. The summed E-state index contributed by atoms with van der Waals surface area (Å²) in [7, 11) is 0. The summed E-state index contributed by atoms with van der Waals surface area (Å²) in [6.07, 6.45) is 1.27. The van der Waals surface area contributed by atoms with Crippen LogP contribution in [0.3, 0.4) is 0 Å². The Bertz CT molecular complexity index is 766. The monoisotopic (exact) mass is 367 g/mol. The maximum Gasteiger partial charge on any atom is 0.260 e. The number of benzene rings is 2. The first kappa shape index (κ1) is 19.4. The van der Waals surface area contributed by atoms with Crippen molar-refractivity contribution in [3.63, 3.8) is 0 Å². The Kier molecular flexibility index (Phi) is 6.17. The molecule has 0 spiro atoms. The van der Waals surface area contributed by atoms with Gasteiger partial charge < -0.3 is 14.8 Å². The van der Waals surface area contributed by atoms with Gasteiger partial charge in [0.05, 0.1) is 0 Å². The van der Waals surface area contributed by atoms with Gasteiger partial charge in [0.15, 0.2) is 6.10 Å². The number of nitrogens with one attached hydrogen (secondary N) is 1. The Morgan fingerprint density at radius 3 is 2.52 bits per heavy atom. The molecule has 4 nitrogen and oxygen atoms in total. The van der Waals surface area contributed by atoms with Crippen molar-refractivity contribution in [1.82, 2.24) is 5.32 Å². The standard InChI is InChI=1S/C23H29NO3/c1-17-8-7-11-21(18(17)2)27-19(3)22(25)24-16-23(12-14-26-15-13-23)20-9-5-4-6-10-20/h4-11,19H,12-16H2,1-3H3,(H,24,25)/t19-/m0/s1. The van der Waals surface area contributed by atoms with E-state index in [1.807, 2.05) is 38.1 Å². The molecule has 0 saturated carbocycles. The summed E-state index contributed by atoms with van der Waals surface area (Å²) in [5, 5.41) is 3.13. The van der Waals surface area contributed by atoms with Gasteiger partial charge in [-0.15, -0.1) is 0 Å². The number of carbonyl (C=O) groups excluding carboxylic acids is 1. The first-order chi connectivity index (χ1) is 13.0. The quantitative estimate of drug-likeness (QED) is 0.841. The third-order valence-corrected chi connectivity index (χ3v) is 5.66. The van der Waals surface area contributed by atoms with E-state index in [9.17, 15) is 4.79 Å². The molecule has 1 fully saturated rings. The van der Waals surface area contributed by atoms with Crippen LogP contribution in [0.4, 0.5) is 0 Å². The Hall–Kier alpha value is -2.33. The van der Waals surface area contributed by atoms with Crippen molar-refractivity contribution >= 4 is 5.91 Å². The van der Waals surface area contributed by atoms with Gasteiger partial charge in [-0.3, -0.25) is 4.79 Å². The fourth-order valence-electron chi connectivity index (χ4n) is 3.62. The zero-order chi connectivity index (χ0) is 19.3. The maximum absolute atomic E-state index is 12.7. The Morgan fingerprint density at radius 2 is 1.81 bits per heavy atom. The minimum atomic E-state index is -0.543. The molecule has 0 radical (unpaired) electrons. The van der Waals surface area contributed by atoms with Crippen LogP contribution in [0.15, 0.2) is 48.5 Å². The molecule has 1 atom stereocenters. The van der Waals surface area contributed by atoms with E-state index in [2.05, 4.69) is 29.6 Å². The van der Waals surface area contributed by atoms with E-state index >= 15 is 0 Å². The van der Waals surface area contributed by atoms with Gasteiger partial charge in [0.1, 0.15) is 5.75 Å². The smallest absolute Gasteiger partial charge is 0.260 e. The first-order valence-corrected chi connectivity index (χ1v) is 9.66. The number of rotatable bonds is 6.